The first-order valence-electron chi connectivity index (χ1n) is 7.25. The second-order valence-electron chi connectivity index (χ2n) is 6.17. The van der Waals surface area contributed by atoms with E-state index in [1.54, 1.807) is 0 Å². The molecular formula is C14H27N3O. The van der Waals surface area contributed by atoms with Gasteiger partial charge in [-0.15, -0.1) is 0 Å². The molecule has 2 aliphatic rings. The number of carbonyl (C=O) groups excluding carboxylic acids is 1. The van der Waals surface area contributed by atoms with Gasteiger partial charge in [0.2, 0.25) is 5.91 Å². The van der Waals surface area contributed by atoms with Crippen molar-refractivity contribution in [2.24, 2.45) is 11.1 Å². The molecule has 2 rings (SSSR count). The molecule has 104 valence electrons. The van der Waals surface area contributed by atoms with Crippen LogP contribution in [-0.4, -0.2) is 55.5 Å². The molecule has 1 amide bonds. The highest BCUT2D eigenvalue weighted by Gasteiger charge is 2.43. The van der Waals surface area contributed by atoms with E-state index in [9.17, 15) is 4.79 Å². The number of hydrogen-bond donors (Lipinski definition) is 1. The zero-order chi connectivity index (χ0) is 13.2. The van der Waals surface area contributed by atoms with E-state index in [0.29, 0.717) is 18.5 Å². The minimum Gasteiger partial charge on any atom is -0.341 e. The molecule has 0 aromatic rings. The van der Waals surface area contributed by atoms with Gasteiger partial charge in [-0.1, -0.05) is 12.8 Å². The van der Waals surface area contributed by atoms with Gasteiger partial charge < -0.3 is 15.5 Å². The normalized spacial score (nSPS) is 28.3. The van der Waals surface area contributed by atoms with Crippen LogP contribution in [0.5, 0.6) is 0 Å². The van der Waals surface area contributed by atoms with Crippen LogP contribution in [0.4, 0.5) is 0 Å². The Morgan fingerprint density at radius 3 is 2.61 bits per heavy atom. The average molecular weight is 253 g/mol. The highest BCUT2D eigenvalue weighted by molar-refractivity contribution is 5.83. The molecule has 0 aromatic heterocycles. The fourth-order valence-electron chi connectivity index (χ4n) is 3.55. The van der Waals surface area contributed by atoms with Crippen molar-refractivity contribution in [3.05, 3.63) is 0 Å². The van der Waals surface area contributed by atoms with Crippen LogP contribution in [-0.2, 0) is 4.79 Å². The third-order valence-electron chi connectivity index (χ3n) is 4.87. The Morgan fingerprint density at radius 2 is 2.06 bits per heavy atom. The molecule has 0 bridgehead atoms. The Balaban J connectivity index is 2.03. The van der Waals surface area contributed by atoms with Crippen LogP contribution >= 0.6 is 0 Å². The lowest BCUT2D eigenvalue weighted by atomic mass is 9.84. The van der Waals surface area contributed by atoms with E-state index in [0.717, 1.165) is 45.2 Å². The summed E-state index contributed by atoms with van der Waals surface area (Å²) in [6.07, 6.45) is 6.59. The van der Waals surface area contributed by atoms with Gasteiger partial charge in [0.1, 0.15) is 0 Å². The van der Waals surface area contributed by atoms with Crippen LogP contribution in [0.2, 0.25) is 0 Å². The Hall–Kier alpha value is -0.610. The summed E-state index contributed by atoms with van der Waals surface area (Å²) in [4.78, 5) is 17.0. The number of likely N-dealkylation sites (tertiary alicyclic amines) is 1. The third-order valence-corrected chi connectivity index (χ3v) is 4.87. The van der Waals surface area contributed by atoms with E-state index >= 15 is 0 Å². The molecule has 1 aliphatic carbocycles. The molecule has 0 aromatic carbocycles. The predicted molar refractivity (Wildman–Crippen MR) is 73.2 cm³/mol. The van der Waals surface area contributed by atoms with E-state index in [1.165, 1.54) is 6.42 Å². The number of rotatable bonds is 3. The summed E-state index contributed by atoms with van der Waals surface area (Å²) < 4.78 is 0. The number of hydrogen-bond acceptors (Lipinski definition) is 3. The molecule has 2 N–H and O–H groups in total. The van der Waals surface area contributed by atoms with Crippen LogP contribution in [0.15, 0.2) is 0 Å². The number of amides is 1. The zero-order valence-electron chi connectivity index (χ0n) is 11.8. The van der Waals surface area contributed by atoms with Crippen LogP contribution in [0.1, 0.15) is 38.5 Å². The molecule has 18 heavy (non-hydrogen) atoms. The maximum Gasteiger partial charge on any atom is 0.230 e. The number of nitrogens with zero attached hydrogens (tertiary/aromatic N) is 2. The van der Waals surface area contributed by atoms with Crippen LogP contribution < -0.4 is 5.73 Å². The predicted octanol–water partition coefficient (Wildman–Crippen LogP) is 1.06. The molecule has 2 fully saturated rings. The number of carbonyl (C=O) groups is 1. The van der Waals surface area contributed by atoms with Crippen LogP contribution in [0.25, 0.3) is 0 Å². The fraction of sp³-hybridized carbons (Fsp3) is 0.929. The molecular weight excluding hydrogens is 226 g/mol. The van der Waals surface area contributed by atoms with E-state index in [2.05, 4.69) is 11.9 Å². The summed E-state index contributed by atoms with van der Waals surface area (Å²) in [7, 11) is 4.11. The quantitative estimate of drug-likeness (QED) is 0.818. The molecule has 1 unspecified atom stereocenters. The summed E-state index contributed by atoms with van der Waals surface area (Å²) in [5.74, 6) is 0.294. The summed E-state index contributed by atoms with van der Waals surface area (Å²) >= 11 is 0. The van der Waals surface area contributed by atoms with Gasteiger partial charge in [0.15, 0.2) is 0 Å². The van der Waals surface area contributed by atoms with Crippen LogP contribution in [0, 0.1) is 5.41 Å². The van der Waals surface area contributed by atoms with Crippen molar-refractivity contribution in [2.45, 2.75) is 44.6 Å². The van der Waals surface area contributed by atoms with Gasteiger partial charge >= 0.3 is 0 Å². The zero-order valence-corrected chi connectivity index (χ0v) is 11.8. The minimum atomic E-state index is -0.245. The van der Waals surface area contributed by atoms with E-state index in [-0.39, 0.29) is 5.41 Å². The maximum atomic E-state index is 12.7. The van der Waals surface area contributed by atoms with Gasteiger partial charge in [-0.25, -0.2) is 0 Å². The number of likely N-dealkylation sites (N-methyl/N-ethyl adjacent to an activating group) is 2. The van der Waals surface area contributed by atoms with Gasteiger partial charge in [0, 0.05) is 26.2 Å². The van der Waals surface area contributed by atoms with Crippen molar-refractivity contribution in [2.75, 3.05) is 33.7 Å². The Bertz CT molecular complexity index is 299. The molecule has 1 saturated carbocycles. The number of nitrogens with two attached hydrogens (primary N) is 1. The second-order valence-corrected chi connectivity index (χ2v) is 6.17. The van der Waals surface area contributed by atoms with E-state index < -0.39 is 0 Å². The third kappa shape index (κ3) is 2.54. The molecule has 1 saturated heterocycles. The highest BCUT2D eigenvalue weighted by atomic mass is 16.2. The van der Waals surface area contributed by atoms with Crippen molar-refractivity contribution < 1.29 is 4.79 Å². The van der Waals surface area contributed by atoms with Crippen molar-refractivity contribution in [3.8, 4) is 0 Å². The Kier molecular flexibility index (Phi) is 4.28. The van der Waals surface area contributed by atoms with Crippen molar-refractivity contribution in [3.63, 3.8) is 0 Å². The molecule has 0 radical (unpaired) electrons. The van der Waals surface area contributed by atoms with Crippen molar-refractivity contribution in [1.82, 2.24) is 9.80 Å². The SMILES string of the molecule is CN1CCCC(N(C)C(=O)C2(CN)CCCC2)C1. The van der Waals surface area contributed by atoms with Crippen molar-refractivity contribution >= 4 is 5.91 Å². The standard InChI is InChI=1S/C14H27N3O/c1-16-9-5-6-12(10-16)17(2)13(18)14(11-15)7-3-4-8-14/h12H,3-11,15H2,1-2H3. The Labute approximate surface area is 110 Å². The van der Waals surface area contributed by atoms with Gasteiger partial charge in [-0.2, -0.15) is 0 Å². The van der Waals surface area contributed by atoms with Crippen molar-refractivity contribution in [1.29, 1.82) is 0 Å². The van der Waals surface area contributed by atoms with E-state index in [4.69, 9.17) is 5.73 Å². The largest absolute Gasteiger partial charge is 0.341 e. The topological polar surface area (TPSA) is 49.6 Å². The second kappa shape index (κ2) is 5.57. The molecule has 1 heterocycles. The summed E-state index contributed by atoms with van der Waals surface area (Å²) in [6.45, 7) is 2.67. The molecule has 1 atom stereocenters. The summed E-state index contributed by atoms with van der Waals surface area (Å²) in [6, 6.07) is 0.375. The van der Waals surface area contributed by atoms with Gasteiger partial charge in [0.25, 0.3) is 0 Å². The first-order valence-corrected chi connectivity index (χ1v) is 7.25. The molecule has 1 aliphatic heterocycles. The lowest BCUT2D eigenvalue weighted by Crippen LogP contribution is -2.53. The molecule has 4 heteroatoms. The number of piperidine rings is 1. The summed E-state index contributed by atoms with van der Waals surface area (Å²) in [5.41, 5.74) is 5.66. The minimum absolute atomic E-state index is 0.245. The smallest absolute Gasteiger partial charge is 0.230 e. The molecule has 4 nitrogen and oxygen atoms in total. The summed E-state index contributed by atoms with van der Waals surface area (Å²) in [5, 5.41) is 0. The average Bonchev–Trinajstić information content (AvgIpc) is 2.87. The lowest BCUT2D eigenvalue weighted by molar-refractivity contribution is -0.143. The lowest BCUT2D eigenvalue weighted by Gasteiger charge is -2.40. The maximum absolute atomic E-state index is 12.7. The van der Waals surface area contributed by atoms with Crippen LogP contribution in [0.3, 0.4) is 0 Å². The monoisotopic (exact) mass is 253 g/mol. The van der Waals surface area contributed by atoms with E-state index in [1.807, 2.05) is 11.9 Å². The fourth-order valence-corrected chi connectivity index (χ4v) is 3.55. The molecule has 0 spiro atoms. The van der Waals surface area contributed by atoms with Gasteiger partial charge in [-0.3, -0.25) is 4.79 Å². The van der Waals surface area contributed by atoms with Gasteiger partial charge in [-0.05, 0) is 39.3 Å². The highest BCUT2D eigenvalue weighted by Crippen LogP contribution is 2.39. The first-order chi connectivity index (χ1) is 8.59. The van der Waals surface area contributed by atoms with Gasteiger partial charge in [0.05, 0.1) is 5.41 Å². The first kappa shape index (κ1) is 13.8. The Morgan fingerprint density at radius 1 is 1.39 bits per heavy atom.